The van der Waals surface area contributed by atoms with Gasteiger partial charge < -0.3 is 19.8 Å². The van der Waals surface area contributed by atoms with Crippen LogP contribution in [0.2, 0.25) is 0 Å². The van der Waals surface area contributed by atoms with Gasteiger partial charge in [0, 0.05) is 11.3 Å². The van der Waals surface area contributed by atoms with Gasteiger partial charge in [-0.3, -0.25) is 14.9 Å². The lowest BCUT2D eigenvalue weighted by molar-refractivity contribution is 0.0945. The van der Waals surface area contributed by atoms with Crippen molar-refractivity contribution in [1.29, 1.82) is 0 Å². The monoisotopic (exact) mass is 437 g/mol. The van der Waals surface area contributed by atoms with Crippen LogP contribution < -0.4 is 20.7 Å². The van der Waals surface area contributed by atoms with E-state index in [9.17, 15) is 9.59 Å². The number of ether oxygens (including phenoxy) is 1. The molecule has 1 aromatic heterocycles. The Morgan fingerprint density at radius 2 is 1.84 bits per heavy atom. The number of carbonyl (C=O) groups excluding carboxylic acids is 2. The molecule has 0 unspecified atom stereocenters. The molecule has 31 heavy (non-hydrogen) atoms. The predicted molar refractivity (Wildman–Crippen MR) is 122 cm³/mol. The summed E-state index contributed by atoms with van der Waals surface area (Å²) >= 11 is 5.26. The van der Waals surface area contributed by atoms with Crippen molar-refractivity contribution in [3.8, 4) is 5.75 Å². The summed E-state index contributed by atoms with van der Waals surface area (Å²) in [6.45, 7) is 4.06. The second kappa shape index (κ2) is 10.4. The predicted octanol–water partition coefficient (Wildman–Crippen LogP) is 4.12. The van der Waals surface area contributed by atoms with Crippen LogP contribution in [0.5, 0.6) is 5.75 Å². The van der Waals surface area contributed by atoms with E-state index in [2.05, 4.69) is 16.0 Å². The first-order valence-electron chi connectivity index (χ1n) is 9.71. The van der Waals surface area contributed by atoms with Crippen LogP contribution >= 0.6 is 12.2 Å². The lowest BCUT2D eigenvalue weighted by atomic mass is 10.2. The first kappa shape index (κ1) is 22.0. The van der Waals surface area contributed by atoms with Gasteiger partial charge in [-0.15, -0.1) is 0 Å². The first-order chi connectivity index (χ1) is 14.9. The van der Waals surface area contributed by atoms with Crippen molar-refractivity contribution in [2.24, 2.45) is 0 Å². The average Bonchev–Trinajstić information content (AvgIpc) is 3.25. The first-order valence-corrected chi connectivity index (χ1v) is 10.1. The Bertz CT molecular complexity index is 1060. The van der Waals surface area contributed by atoms with Gasteiger partial charge in [0.15, 0.2) is 5.11 Å². The molecule has 0 fully saturated rings. The quantitative estimate of drug-likeness (QED) is 0.482. The summed E-state index contributed by atoms with van der Waals surface area (Å²) in [6.07, 6.45) is 1.48. The van der Waals surface area contributed by atoms with Gasteiger partial charge in [-0.05, 0) is 68.5 Å². The fraction of sp³-hybridized carbons (Fsp3) is 0.174. The average molecular weight is 438 g/mol. The third kappa shape index (κ3) is 6.42. The van der Waals surface area contributed by atoms with E-state index in [1.165, 1.54) is 0 Å². The van der Waals surface area contributed by atoms with Crippen molar-refractivity contribution >= 4 is 34.8 Å². The minimum absolute atomic E-state index is 0.0688. The Balaban J connectivity index is 1.60. The summed E-state index contributed by atoms with van der Waals surface area (Å²) in [5, 5.41) is 8.46. The smallest absolute Gasteiger partial charge is 0.261 e. The van der Waals surface area contributed by atoms with Gasteiger partial charge in [-0.25, -0.2) is 0 Å². The van der Waals surface area contributed by atoms with Crippen LogP contribution in [0.4, 0.5) is 5.69 Å². The molecule has 0 atom stereocenters. The van der Waals surface area contributed by atoms with Crippen molar-refractivity contribution in [2.45, 2.75) is 26.5 Å². The van der Waals surface area contributed by atoms with E-state index in [0.29, 0.717) is 28.3 Å². The number of rotatable bonds is 7. The maximum atomic E-state index is 12.6. The van der Waals surface area contributed by atoms with Crippen LogP contribution in [0.15, 0.2) is 71.3 Å². The number of hydrogen-bond donors (Lipinski definition) is 3. The molecule has 2 aromatic carbocycles. The number of hydrogen-bond acceptors (Lipinski definition) is 5. The van der Waals surface area contributed by atoms with Gasteiger partial charge in [0.1, 0.15) is 11.5 Å². The fourth-order valence-corrected chi connectivity index (χ4v) is 2.98. The lowest BCUT2D eigenvalue weighted by Gasteiger charge is -2.15. The number of anilines is 1. The van der Waals surface area contributed by atoms with Crippen LogP contribution in [0, 0.1) is 0 Å². The van der Waals surface area contributed by atoms with E-state index in [0.717, 1.165) is 0 Å². The summed E-state index contributed by atoms with van der Waals surface area (Å²) in [5.41, 5.74) is 1.40. The normalized spacial score (nSPS) is 10.4. The zero-order chi connectivity index (χ0) is 22.2. The van der Waals surface area contributed by atoms with E-state index in [4.69, 9.17) is 21.4 Å². The second-order valence-electron chi connectivity index (χ2n) is 6.91. The zero-order valence-corrected chi connectivity index (χ0v) is 18.0. The van der Waals surface area contributed by atoms with Gasteiger partial charge in [0.05, 0.1) is 24.5 Å². The van der Waals surface area contributed by atoms with Crippen molar-refractivity contribution < 1.29 is 18.7 Å². The standard InChI is InChI=1S/C23H23N3O4S/c1-15(2)30-20-11-4-3-10-19(20)22(28)26-23(31)25-17-8-5-7-16(13-17)21(27)24-14-18-9-6-12-29-18/h3-13,15H,14H2,1-2H3,(H,24,27)(H2,25,26,28,31). The van der Waals surface area contributed by atoms with E-state index in [1.54, 1.807) is 66.9 Å². The number of carbonyl (C=O) groups is 2. The van der Waals surface area contributed by atoms with Crippen molar-refractivity contribution in [3.63, 3.8) is 0 Å². The molecule has 0 aliphatic carbocycles. The Kier molecular flexibility index (Phi) is 7.40. The van der Waals surface area contributed by atoms with E-state index in [1.807, 2.05) is 13.8 Å². The molecular formula is C23H23N3O4S. The molecule has 7 nitrogen and oxygen atoms in total. The highest BCUT2D eigenvalue weighted by molar-refractivity contribution is 7.80. The molecule has 0 aliphatic rings. The van der Waals surface area contributed by atoms with Crippen molar-refractivity contribution in [3.05, 3.63) is 83.8 Å². The number of amides is 2. The Labute approximate surface area is 185 Å². The molecule has 0 saturated heterocycles. The summed E-state index contributed by atoms with van der Waals surface area (Å²) < 4.78 is 10.9. The Morgan fingerprint density at radius 1 is 1.03 bits per heavy atom. The summed E-state index contributed by atoms with van der Waals surface area (Å²) in [6, 6.07) is 17.3. The van der Waals surface area contributed by atoms with Gasteiger partial charge in [0.25, 0.3) is 11.8 Å². The van der Waals surface area contributed by atoms with Gasteiger partial charge >= 0.3 is 0 Å². The fourth-order valence-electron chi connectivity index (χ4n) is 2.76. The molecule has 3 N–H and O–H groups in total. The number of nitrogens with one attached hydrogen (secondary N) is 3. The summed E-state index contributed by atoms with van der Waals surface area (Å²) in [7, 11) is 0. The minimum atomic E-state index is -0.388. The molecule has 0 radical (unpaired) electrons. The maximum Gasteiger partial charge on any atom is 0.261 e. The molecule has 160 valence electrons. The number of para-hydroxylation sites is 1. The van der Waals surface area contributed by atoms with Crippen LogP contribution in [-0.4, -0.2) is 23.0 Å². The van der Waals surface area contributed by atoms with Gasteiger partial charge in [-0.1, -0.05) is 18.2 Å². The Morgan fingerprint density at radius 3 is 2.58 bits per heavy atom. The van der Waals surface area contributed by atoms with Crippen LogP contribution in [0.1, 0.15) is 40.3 Å². The van der Waals surface area contributed by atoms with Crippen LogP contribution in [0.3, 0.4) is 0 Å². The molecule has 0 bridgehead atoms. The molecule has 0 saturated carbocycles. The molecule has 0 aliphatic heterocycles. The van der Waals surface area contributed by atoms with E-state index >= 15 is 0 Å². The molecule has 8 heteroatoms. The Hall–Kier alpha value is -3.65. The van der Waals surface area contributed by atoms with Gasteiger partial charge in [0.2, 0.25) is 0 Å². The number of benzene rings is 2. The molecule has 1 heterocycles. The minimum Gasteiger partial charge on any atom is -0.490 e. The maximum absolute atomic E-state index is 12.6. The highest BCUT2D eigenvalue weighted by Gasteiger charge is 2.15. The van der Waals surface area contributed by atoms with E-state index < -0.39 is 0 Å². The molecule has 3 aromatic rings. The topological polar surface area (TPSA) is 92.6 Å². The van der Waals surface area contributed by atoms with Crippen molar-refractivity contribution in [1.82, 2.24) is 10.6 Å². The molecule has 3 rings (SSSR count). The molecule has 2 amide bonds. The molecular weight excluding hydrogens is 414 g/mol. The highest BCUT2D eigenvalue weighted by Crippen LogP contribution is 2.19. The number of furan rings is 1. The second-order valence-corrected chi connectivity index (χ2v) is 7.32. The molecule has 0 spiro atoms. The SMILES string of the molecule is CC(C)Oc1ccccc1C(=O)NC(=S)Nc1cccc(C(=O)NCc2ccco2)c1. The van der Waals surface area contributed by atoms with E-state index in [-0.39, 0.29) is 29.6 Å². The third-order valence-electron chi connectivity index (χ3n) is 4.11. The van der Waals surface area contributed by atoms with Crippen molar-refractivity contribution in [2.75, 3.05) is 5.32 Å². The van der Waals surface area contributed by atoms with Gasteiger partial charge in [-0.2, -0.15) is 0 Å². The summed E-state index contributed by atoms with van der Waals surface area (Å²) in [5.74, 6) is 0.497. The zero-order valence-electron chi connectivity index (χ0n) is 17.2. The largest absolute Gasteiger partial charge is 0.490 e. The number of thiocarbonyl (C=S) groups is 1. The summed E-state index contributed by atoms with van der Waals surface area (Å²) in [4.78, 5) is 25.0. The van der Waals surface area contributed by atoms with Crippen LogP contribution in [-0.2, 0) is 6.54 Å². The lowest BCUT2D eigenvalue weighted by Crippen LogP contribution is -2.34. The highest BCUT2D eigenvalue weighted by atomic mass is 32.1. The third-order valence-corrected chi connectivity index (χ3v) is 4.31. The van der Waals surface area contributed by atoms with Crippen LogP contribution in [0.25, 0.3) is 0 Å².